The SMILES string of the molecule is COC(CC(=O)[C@@](C)(N)C(=O)O[C@](C)(N)C(=O)ON1CCC[C@H]1C(=O)O[C@@](N)(C(=O)ONc1ccc([N+](=O)[O-])cc1)C(C)C)C(=O)[C@@](C)(N)C(=O)O[C@](C)(N)C(=O)ON1CCC[C@H]1C(=O)O[C@@](N)(C(=O)ONc1ccc([N+](=O)[O-])cc1)C(C)C. The van der Waals surface area contributed by atoms with Crippen LogP contribution in [0.1, 0.15) is 87.5 Å². The third kappa shape index (κ3) is 16.0. The van der Waals surface area contributed by atoms with E-state index in [9.17, 15) is 68.2 Å². The van der Waals surface area contributed by atoms with E-state index < -0.39 is 140 Å². The van der Waals surface area contributed by atoms with E-state index in [4.69, 9.17) is 77.4 Å². The van der Waals surface area contributed by atoms with Gasteiger partial charge < -0.3 is 54.5 Å². The normalized spacial score (nSPS) is 20.0. The van der Waals surface area contributed by atoms with Crippen LogP contribution in [-0.4, -0.2) is 152 Å². The van der Waals surface area contributed by atoms with Crippen LogP contribution < -0.4 is 45.4 Å². The highest BCUT2D eigenvalue weighted by atomic mass is 16.8. The monoisotopic (exact) mass is 1190 g/mol. The molecule has 0 aromatic heterocycles. The van der Waals surface area contributed by atoms with Crippen LogP contribution in [0, 0.1) is 32.1 Å². The fourth-order valence-corrected chi connectivity index (χ4v) is 7.39. The summed E-state index contributed by atoms with van der Waals surface area (Å²) in [5.41, 5.74) is 25.0. The van der Waals surface area contributed by atoms with Gasteiger partial charge in [-0.2, -0.15) is 0 Å². The molecule has 35 heteroatoms. The molecular formula is C49H68N12O23. The average Bonchev–Trinajstić information content (AvgIpc) is 2.87. The van der Waals surface area contributed by atoms with Crippen molar-refractivity contribution in [3.63, 3.8) is 0 Å². The van der Waals surface area contributed by atoms with Crippen molar-refractivity contribution >= 4 is 82.1 Å². The maximum absolute atomic E-state index is 13.8. The first-order chi connectivity index (χ1) is 38.8. The minimum atomic E-state index is -2.78. The Morgan fingerprint density at radius 1 is 0.560 bits per heavy atom. The van der Waals surface area contributed by atoms with Crippen LogP contribution in [0.4, 0.5) is 22.7 Å². The lowest BCUT2D eigenvalue weighted by Crippen LogP contribution is -2.63. The Morgan fingerprint density at radius 3 is 1.23 bits per heavy atom. The number of Topliss-reactive ketones (excluding diaryl/α,β-unsaturated/α-hetero) is 2. The molecule has 2 fully saturated rings. The summed E-state index contributed by atoms with van der Waals surface area (Å²) in [6.07, 6.45) is -2.68. The van der Waals surface area contributed by atoms with Gasteiger partial charge in [0, 0.05) is 76.6 Å². The Hall–Kier alpha value is -8.42. The van der Waals surface area contributed by atoms with Gasteiger partial charge in [-0.1, -0.05) is 27.7 Å². The number of rotatable bonds is 28. The highest BCUT2D eigenvalue weighted by Gasteiger charge is 2.53. The third-order valence-electron chi connectivity index (χ3n) is 13.2. The number of non-ortho nitro benzene ring substituents is 2. The van der Waals surface area contributed by atoms with Gasteiger partial charge in [0.15, 0.2) is 22.6 Å². The zero-order valence-corrected chi connectivity index (χ0v) is 47.1. The number of ketones is 2. The maximum Gasteiger partial charge on any atom is 0.391 e. The molecule has 4 rings (SSSR count). The Morgan fingerprint density at radius 2 is 0.905 bits per heavy atom. The molecular weight excluding hydrogens is 1120 g/mol. The molecule has 0 saturated carbocycles. The number of methoxy groups -OCH3 is 1. The highest BCUT2D eigenvalue weighted by Crippen LogP contribution is 2.29. The van der Waals surface area contributed by atoms with Gasteiger partial charge in [-0.25, -0.2) is 39.7 Å². The average molecular weight is 1190 g/mol. The van der Waals surface area contributed by atoms with Gasteiger partial charge in [0.1, 0.15) is 18.2 Å². The first kappa shape index (κ1) is 68.1. The summed E-state index contributed by atoms with van der Waals surface area (Å²) in [4.78, 5) is 176. The van der Waals surface area contributed by atoms with Crippen LogP contribution in [0.3, 0.4) is 0 Å². The number of carbonyl (C=O) groups excluding carboxylic acids is 10. The molecule has 2 saturated heterocycles. The smallest absolute Gasteiger partial charge is 0.391 e. The molecule has 1 unspecified atom stereocenters. The molecule has 462 valence electrons. The van der Waals surface area contributed by atoms with Crippen LogP contribution in [0.25, 0.3) is 0 Å². The Kier molecular flexibility index (Phi) is 21.8. The summed E-state index contributed by atoms with van der Waals surface area (Å²) >= 11 is 0. The summed E-state index contributed by atoms with van der Waals surface area (Å²) in [5.74, 6) is -15.8. The lowest BCUT2D eigenvalue weighted by Gasteiger charge is -2.33. The van der Waals surface area contributed by atoms with E-state index in [1.807, 2.05) is 0 Å². The molecule has 0 bridgehead atoms. The number of benzene rings is 2. The van der Waals surface area contributed by atoms with Crippen molar-refractivity contribution in [2.24, 2.45) is 46.2 Å². The lowest BCUT2D eigenvalue weighted by atomic mass is 9.87. The van der Waals surface area contributed by atoms with E-state index in [2.05, 4.69) is 11.0 Å². The van der Waals surface area contributed by atoms with Crippen molar-refractivity contribution in [3.05, 3.63) is 68.8 Å². The fourth-order valence-electron chi connectivity index (χ4n) is 7.39. The van der Waals surface area contributed by atoms with Crippen LogP contribution in [0.5, 0.6) is 0 Å². The quantitative estimate of drug-likeness (QED) is 0.0125. The number of carbonyl (C=O) groups is 10. The molecule has 9 atom stereocenters. The van der Waals surface area contributed by atoms with E-state index in [1.165, 1.54) is 52.0 Å². The minimum absolute atomic E-state index is 0.0146. The lowest BCUT2D eigenvalue weighted by molar-refractivity contribution is -0.385. The number of hydrogen-bond acceptors (Lipinski definition) is 33. The number of hydrogen-bond donors (Lipinski definition) is 8. The number of nitrogens with one attached hydrogen (secondary N) is 2. The predicted molar refractivity (Wildman–Crippen MR) is 281 cm³/mol. The molecule has 2 heterocycles. The molecule has 2 aliphatic rings. The molecule has 0 radical (unpaired) electrons. The van der Waals surface area contributed by atoms with Crippen molar-refractivity contribution < 1.29 is 101 Å². The van der Waals surface area contributed by atoms with Gasteiger partial charge in [0.25, 0.3) is 34.3 Å². The van der Waals surface area contributed by atoms with Gasteiger partial charge in [-0.3, -0.25) is 62.3 Å². The van der Waals surface area contributed by atoms with Gasteiger partial charge in [0.05, 0.1) is 21.2 Å². The van der Waals surface area contributed by atoms with Crippen LogP contribution in [0.2, 0.25) is 0 Å². The first-order valence-electron chi connectivity index (χ1n) is 25.4. The number of anilines is 2. The van der Waals surface area contributed by atoms with Gasteiger partial charge in [-0.05, 0) is 63.8 Å². The van der Waals surface area contributed by atoms with Crippen molar-refractivity contribution in [1.82, 2.24) is 10.1 Å². The van der Waals surface area contributed by atoms with E-state index in [-0.39, 0.29) is 61.5 Å². The second-order valence-electron chi connectivity index (χ2n) is 20.8. The largest absolute Gasteiger partial charge is 0.431 e. The van der Waals surface area contributed by atoms with E-state index in [1.54, 1.807) is 0 Å². The Balaban J connectivity index is 1.33. The zero-order valence-electron chi connectivity index (χ0n) is 47.1. The van der Waals surface area contributed by atoms with Crippen molar-refractivity contribution in [3.8, 4) is 0 Å². The number of nitrogens with zero attached hydrogens (tertiary/aromatic N) is 4. The Bertz CT molecular complexity index is 2870. The van der Waals surface area contributed by atoms with Gasteiger partial charge >= 0.3 is 47.8 Å². The van der Waals surface area contributed by atoms with Crippen molar-refractivity contribution in [2.45, 2.75) is 140 Å². The second-order valence-corrected chi connectivity index (χ2v) is 20.8. The molecule has 35 nitrogen and oxygen atoms in total. The molecule has 2 aromatic carbocycles. The topological polar surface area (TPSA) is 527 Å². The number of nitro benzene ring substituents is 2. The number of nitro groups is 2. The van der Waals surface area contributed by atoms with E-state index >= 15 is 0 Å². The van der Waals surface area contributed by atoms with Crippen LogP contribution >= 0.6 is 0 Å². The molecule has 0 aliphatic carbocycles. The van der Waals surface area contributed by atoms with E-state index in [0.29, 0.717) is 0 Å². The van der Waals surface area contributed by atoms with E-state index in [0.717, 1.165) is 69.2 Å². The molecule has 0 amide bonds. The fraction of sp³-hybridized carbons (Fsp3) is 0.551. The summed E-state index contributed by atoms with van der Waals surface area (Å²) < 4.78 is 26.2. The Labute approximate surface area is 477 Å². The third-order valence-corrected chi connectivity index (χ3v) is 13.2. The number of esters is 4. The summed E-state index contributed by atoms with van der Waals surface area (Å²) in [7, 11) is 0.918. The molecule has 2 aliphatic heterocycles. The first-order valence-corrected chi connectivity index (χ1v) is 25.4. The molecule has 0 spiro atoms. The predicted octanol–water partition coefficient (Wildman–Crippen LogP) is -1.09. The second kappa shape index (κ2) is 26.9. The van der Waals surface area contributed by atoms with Crippen molar-refractivity contribution in [1.29, 1.82) is 0 Å². The highest BCUT2D eigenvalue weighted by molar-refractivity contribution is 6.14. The standard InChI is InChI=1S/C49H68N12O23/c1-25(2)48(54,42(70)81-56-27-14-18-29(19-15-27)60(72)73)77-36(64)31-12-10-22-58(31)83-40(68)46(7,52)79-38(66)44(5,50)34(62)24-33(76-9)35(63)45(6,51)39(67)80-47(8,53)41(69)84-59-23-11-13-32(59)37(65)78-49(55,26(3)4)43(71)82-57-28-16-20-30(21-17-28)61(74)75/h14-21,25-26,31-33,56-57H,10-13,22-24,50-55H2,1-9H3/t31-,32-,33?,44+,45+,46-,47-,48+,49+/m0/s1. The number of hydroxylamine groups is 4. The van der Waals surface area contributed by atoms with Crippen molar-refractivity contribution in [2.75, 3.05) is 31.2 Å². The minimum Gasteiger partial charge on any atom is -0.431 e. The summed E-state index contributed by atoms with van der Waals surface area (Å²) in [6, 6.07) is 6.62. The molecule has 2 aromatic rings. The van der Waals surface area contributed by atoms with Gasteiger partial charge in [-0.15, -0.1) is 10.1 Å². The van der Waals surface area contributed by atoms with Gasteiger partial charge in [0.2, 0.25) is 0 Å². The maximum atomic E-state index is 13.8. The van der Waals surface area contributed by atoms with Crippen LogP contribution in [0.15, 0.2) is 48.5 Å². The summed E-state index contributed by atoms with van der Waals surface area (Å²) in [6.45, 7) is 8.78. The number of nitrogens with two attached hydrogens (primary N) is 6. The molecule has 14 N–H and O–H groups in total. The number of ether oxygens (including phenoxy) is 5. The van der Waals surface area contributed by atoms with Crippen LogP contribution in [-0.2, 0) is 91.0 Å². The molecule has 84 heavy (non-hydrogen) atoms. The zero-order chi connectivity index (χ0) is 63.7. The summed E-state index contributed by atoms with van der Waals surface area (Å²) in [5, 5.41) is 23.6.